The highest BCUT2D eigenvalue weighted by atomic mass is 35.5. The predicted molar refractivity (Wildman–Crippen MR) is 61.7 cm³/mol. The van der Waals surface area contributed by atoms with Crippen LogP contribution < -0.4 is 0 Å². The van der Waals surface area contributed by atoms with Crippen molar-refractivity contribution in [2.75, 3.05) is 13.2 Å². The first-order chi connectivity index (χ1) is 6.83. The lowest BCUT2D eigenvalue weighted by atomic mass is 10.2. The third-order valence-corrected chi connectivity index (χ3v) is 2.23. The smallest absolute Gasteiger partial charge is 0.410 e. The van der Waals surface area contributed by atoms with E-state index in [4.69, 9.17) is 9.84 Å². The van der Waals surface area contributed by atoms with E-state index in [1.807, 2.05) is 0 Å². The summed E-state index contributed by atoms with van der Waals surface area (Å²) in [5.41, 5.74) is -0.551. The molecule has 1 rings (SSSR count). The van der Waals surface area contributed by atoms with Crippen molar-refractivity contribution < 1.29 is 19.7 Å². The molecular formula is C10H20ClNO4. The summed E-state index contributed by atoms with van der Waals surface area (Å²) >= 11 is 0. The van der Waals surface area contributed by atoms with Gasteiger partial charge in [0.25, 0.3) is 0 Å². The second-order valence-corrected chi connectivity index (χ2v) is 4.86. The Kier molecular flexibility index (Phi) is 5.52. The number of likely N-dealkylation sites (tertiary alicyclic amines) is 1. The van der Waals surface area contributed by atoms with E-state index in [1.165, 1.54) is 4.90 Å². The number of nitrogens with zero attached hydrogens (tertiary/aromatic N) is 1. The van der Waals surface area contributed by atoms with Crippen molar-refractivity contribution in [3.8, 4) is 0 Å². The fourth-order valence-electron chi connectivity index (χ4n) is 1.61. The van der Waals surface area contributed by atoms with Gasteiger partial charge in [0.05, 0.1) is 25.3 Å². The zero-order chi connectivity index (χ0) is 11.6. The summed E-state index contributed by atoms with van der Waals surface area (Å²) in [5, 5.41) is 18.4. The van der Waals surface area contributed by atoms with Gasteiger partial charge in [-0.15, -0.1) is 12.4 Å². The lowest BCUT2D eigenvalue weighted by Gasteiger charge is -2.27. The number of carbonyl (C=O) groups is 1. The number of β-amino-alcohol motifs (C(OH)–C–C–N with tert-alkyl or cyclic N) is 1. The van der Waals surface area contributed by atoms with Gasteiger partial charge in [-0.3, -0.25) is 0 Å². The van der Waals surface area contributed by atoms with Crippen LogP contribution in [-0.4, -0.2) is 52.1 Å². The number of hydrogen-bond donors (Lipinski definition) is 2. The standard InChI is InChI=1S/C10H19NO4.ClH/c1-10(2,3)15-9(14)11-5-8(13)4-7(11)6-12;/h7-8,12-13H,4-6H2,1-3H3;1H/t7-,8+;/m1./s1. The summed E-state index contributed by atoms with van der Waals surface area (Å²) in [7, 11) is 0. The average molecular weight is 254 g/mol. The van der Waals surface area contributed by atoms with Crippen molar-refractivity contribution in [1.82, 2.24) is 4.90 Å². The van der Waals surface area contributed by atoms with Gasteiger partial charge in [-0.2, -0.15) is 0 Å². The molecule has 16 heavy (non-hydrogen) atoms. The van der Waals surface area contributed by atoms with Crippen LogP contribution in [0.4, 0.5) is 4.79 Å². The van der Waals surface area contributed by atoms with Gasteiger partial charge in [0, 0.05) is 0 Å². The maximum atomic E-state index is 11.7. The lowest BCUT2D eigenvalue weighted by Crippen LogP contribution is -2.41. The fraction of sp³-hybridized carbons (Fsp3) is 0.900. The Balaban J connectivity index is 0.00000225. The molecule has 0 radical (unpaired) electrons. The summed E-state index contributed by atoms with van der Waals surface area (Å²) < 4.78 is 5.17. The number of ether oxygens (including phenoxy) is 1. The van der Waals surface area contributed by atoms with Gasteiger partial charge in [0.2, 0.25) is 0 Å². The van der Waals surface area contributed by atoms with Crippen molar-refractivity contribution in [2.45, 2.75) is 44.9 Å². The first kappa shape index (κ1) is 15.5. The monoisotopic (exact) mass is 253 g/mol. The van der Waals surface area contributed by atoms with Gasteiger partial charge in [-0.1, -0.05) is 0 Å². The third kappa shape index (κ3) is 4.15. The number of rotatable bonds is 1. The highest BCUT2D eigenvalue weighted by Gasteiger charge is 2.36. The van der Waals surface area contributed by atoms with Crippen molar-refractivity contribution >= 4 is 18.5 Å². The zero-order valence-corrected chi connectivity index (χ0v) is 10.7. The van der Waals surface area contributed by atoms with Crippen molar-refractivity contribution in [1.29, 1.82) is 0 Å². The van der Waals surface area contributed by atoms with E-state index in [0.717, 1.165) is 0 Å². The van der Waals surface area contributed by atoms with Crippen LogP contribution in [0, 0.1) is 0 Å². The second-order valence-electron chi connectivity index (χ2n) is 4.86. The maximum absolute atomic E-state index is 11.7. The summed E-state index contributed by atoms with van der Waals surface area (Å²) in [6.45, 7) is 5.44. The Labute approximate surface area is 102 Å². The quantitative estimate of drug-likeness (QED) is 0.724. The molecule has 1 amide bonds. The van der Waals surface area contributed by atoms with Gasteiger partial charge in [0.1, 0.15) is 5.60 Å². The van der Waals surface area contributed by atoms with E-state index in [1.54, 1.807) is 20.8 Å². The van der Waals surface area contributed by atoms with E-state index in [-0.39, 0.29) is 31.6 Å². The summed E-state index contributed by atoms with van der Waals surface area (Å²) in [6, 6.07) is -0.324. The highest BCUT2D eigenvalue weighted by molar-refractivity contribution is 5.85. The van der Waals surface area contributed by atoms with Crippen LogP contribution in [0.1, 0.15) is 27.2 Å². The summed E-state index contributed by atoms with van der Waals surface area (Å²) in [4.78, 5) is 13.0. The minimum atomic E-state index is -0.560. The molecule has 1 heterocycles. The molecule has 1 saturated heterocycles. The molecule has 2 atom stereocenters. The fourth-order valence-corrected chi connectivity index (χ4v) is 1.61. The summed E-state index contributed by atoms with van der Waals surface area (Å²) in [6.07, 6.45) is -0.622. The highest BCUT2D eigenvalue weighted by Crippen LogP contribution is 2.20. The predicted octanol–water partition coefficient (Wildman–Crippen LogP) is 0.771. The molecule has 1 aliphatic heterocycles. The molecule has 0 aromatic rings. The van der Waals surface area contributed by atoms with Crippen molar-refractivity contribution in [3.63, 3.8) is 0 Å². The van der Waals surface area contributed by atoms with Crippen molar-refractivity contribution in [3.05, 3.63) is 0 Å². The Morgan fingerprint density at radius 2 is 2.06 bits per heavy atom. The number of amides is 1. The molecule has 0 aromatic heterocycles. The maximum Gasteiger partial charge on any atom is 0.410 e. The Morgan fingerprint density at radius 3 is 2.50 bits per heavy atom. The molecule has 0 unspecified atom stereocenters. The lowest BCUT2D eigenvalue weighted by molar-refractivity contribution is 0.0162. The molecule has 2 N–H and O–H groups in total. The number of hydrogen-bond acceptors (Lipinski definition) is 4. The molecule has 6 heteroatoms. The Hall–Kier alpha value is -0.520. The molecule has 0 bridgehead atoms. The molecule has 0 saturated carbocycles. The van der Waals surface area contributed by atoms with E-state index in [2.05, 4.69) is 0 Å². The molecule has 0 aliphatic carbocycles. The SMILES string of the molecule is CC(C)(C)OC(=O)N1C[C@@H](O)C[C@@H]1CO.Cl. The summed E-state index contributed by atoms with van der Waals surface area (Å²) in [5.74, 6) is 0. The van der Waals surface area contributed by atoms with Crippen LogP contribution in [0.2, 0.25) is 0 Å². The van der Waals surface area contributed by atoms with Crippen LogP contribution in [0.15, 0.2) is 0 Å². The average Bonchev–Trinajstić information content (AvgIpc) is 2.43. The second kappa shape index (κ2) is 5.70. The first-order valence-electron chi connectivity index (χ1n) is 5.12. The van der Waals surface area contributed by atoms with Crippen LogP contribution in [0.3, 0.4) is 0 Å². The number of carbonyl (C=O) groups excluding carboxylic acids is 1. The van der Waals surface area contributed by atoms with Gasteiger partial charge in [0.15, 0.2) is 0 Å². The van der Waals surface area contributed by atoms with Crippen LogP contribution >= 0.6 is 12.4 Å². The minimum Gasteiger partial charge on any atom is -0.444 e. The third-order valence-electron chi connectivity index (χ3n) is 2.23. The number of aliphatic hydroxyl groups excluding tert-OH is 2. The molecule has 5 nitrogen and oxygen atoms in total. The van der Waals surface area contributed by atoms with Crippen LogP contribution in [0.25, 0.3) is 0 Å². The minimum absolute atomic E-state index is 0. The van der Waals surface area contributed by atoms with E-state index >= 15 is 0 Å². The normalized spacial score (nSPS) is 25.2. The van der Waals surface area contributed by atoms with E-state index < -0.39 is 17.8 Å². The first-order valence-corrected chi connectivity index (χ1v) is 5.12. The largest absolute Gasteiger partial charge is 0.444 e. The molecule has 1 fully saturated rings. The molecule has 0 aromatic carbocycles. The van der Waals surface area contributed by atoms with E-state index in [9.17, 15) is 9.90 Å². The molecule has 1 aliphatic rings. The van der Waals surface area contributed by atoms with Gasteiger partial charge >= 0.3 is 6.09 Å². The topological polar surface area (TPSA) is 70.0 Å². The van der Waals surface area contributed by atoms with Crippen molar-refractivity contribution in [2.24, 2.45) is 0 Å². The Morgan fingerprint density at radius 1 is 1.50 bits per heavy atom. The molecule has 0 spiro atoms. The number of halogens is 1. The number of aliphatic hydroxyl groups is 2. The van der Waals surface area contributed by atoms with Crippen LogP contribution in [-0.2, 0) is 4.74 Å². The van der Waals surface area contributed by atoms with Gasteiger partial charge in [-0.05, 0) is 27.2 Å². The Bertz CT molecular complexity index is 241. The van der Waals surface area contributed by atoms with Gasteiger partial charge < -0.3 is 19.8 Å². The van der Waals surface area contributed by atoms with E-state index in [0.29, 0.717) is 6.42 Å². The van der Waals surface area contributed by atoms with Gasteiger partial charge in [-0.25, -0.2) is 4.79 Å². The molecule has 96 valence electrons. The molecular weight excluding hydrogens is 234 g/mol. The van der Waals surface area contributed by atoms with Crippen LogP contribution in [0.5, 0.6) is 0 Å². The zero-order valence-electron chi connectivity index (χ0n) is 9.84.